The summed E-state index contributed by atoms with van der Waals surface area (Å²) in [5, 5.41) is 11.8. The third kappa shape index (κ3) is 3.37. The van der Waals surface area contributed by atoms with E-state index < -0.39 is 0 Å². The molecule has 0 amide bonds. The molecule has 0 saturated heterocycles. The van der Waals surface area contributed by atoms with Crippen LogP contribution in [0, 0.1) is 0 Å². The molecular weight excluding hydrogens is 242 g/mol. The highest BCUT2D eigenvalue weighted by molar-refractivity contribution is 8.00. The lowest BCUT2D eigenvalue weighted by Crippen LogP contribution is -1.98. The van der Waals surface area contributed by atoms with Crippen molar-refractivity contribution in [1.82, 2.24) is 0 Å². The van der Waals surface area contributed by atoms with Crippen LogP contribution in [0.2, 0.25) is 0 Å². The smallest absolute Gasteiger partial charge is 0.0550 e. The fourth-order valence-electron chi connectivity index (χ4n) is 1.81. The maximum absolute atomic E-state index is 8.48. The Labute approximate surface area is 111 Å². The second-order valence-corrected chi connectivity index (χ2v) is 4.97. The van der Waals surface area contributed by atoms with E-state index in [1.807, 2.05) is 36.4 Å². The van der Waals surface area contributed by atoms with Crippen LogP contribution in [0.5, 0.6) is 0 Å². The van der Waals surface area contributed by atoms with Gasteiger partial charge >= 0.3 is 0 Å². The molecule has 18 heavy (non-hydrogen) atoms. The van der Waals surface area contributed by atoms with Gasteiger partial charge in [0.25, 0.3) is 0 Å². The fourth-order valence-corrected chi connectivity index (χ4v) is 2.86. The highest BCUT2D eigenvalue weighted by Gasteiger charge is 2.13. The number of nitrogens with zero attached hydrogens (tertiary/aromatic N) is 1. The van der Waals surface area contributed by atoms with Gasteiger partial charge in [0.2, 0.25) is 0 Å². The predicted octanol–water partition coefficient (Wildman–Crippen LogP) is 3.97. The molecule has 0 spiro atoms. The lowest BCUT2D eigenvalue weighted by Gasteiger charge is -2.16. The first-order chi connectivity index (χ1) is 8.92. The predicted molar refractivity (Wildman–Crippen MR) is 77.5 cm³/mol. The second-order valence-electron chi connectivity index (χ2n) is 3.83. The molecule has 1 N–H and O–H groups in total. The molecule has 3 heteroatoms. The van der Waals surface area contributed by atoms with Gasteiger partial charge in [-0.25, -0.2) is 0 Å². The number of hydrogen-bond donors (Lipinski definition) is 1. The first-order valence-corrected chi connectivity index (χ1v) is 6.84. The summed E-state index contributed by atoms with van der Waals surface area (Å²) in [6.07, 6.45) is 1.52. The topological polar surface area (TPSA) is 32.6 Å². The number of oxime groups is 1. The molecule has 0 radical (unpaired) electrons. The summed E-state index contributed by atoms with van der Waals surface area (Å²) in [6, 6.07) is 20.7. The van der Waals surface area contributed by atoms with Crippen molar-refractivity contribution >= 4 is 18.0 Å². The van der Waals surface area contributed by atoms with Crippen LogP contribution in [0.15, 0.2) is 65.8 Å². The lowest BCUT2D eigenvalue weighted by atomic mass is 10.0. The highest BCUT2D eigenvalue weighted by atomic mass is 32.2. The normalized spacial score (nSPS) is 11.2. The van der Waals surface area contributed by atoms with E-state index in [0.717, 1.165) is 0 Å². The summed E-state index contributed by atoms with van der Waals surface area (Å²) in [4.78, 5) is 0. The van der Waals surface area contributed by atoms with Crippen molar-refractivity contribution in [3.05, 3.63) is 71.8 Å². The minimum absolute atomic E-state index is 0.269. The minimum Gasteiger partial charge on any atom is -0.411 e. The highest BCUT2D eigenvalue weighted by Crippen LogP contribution is 2.34. The van der Waals surface area contributed by atoms with Crippen molar-refractivity contribution in [2.45, 2.75) is 5.25 Å². The molecule has 2 nitrogen and oxygen atoms in total. The van der Waals surface area contributed by atoms with Crippen LogP contribution in [-0.2, 0) is 0 Å². The van der Waals surface area contributed by atoms with Gasteiger partial charge in [0.05, 0.1) is 11.5 Å². The van der Waals surface area contributed by atoms with E-state index in [4.69, 9.17) is 5.21 Å². The average Bonchev–Trinajstić information content (AvgIpc) is 2.46. The molecule has 0 saturated carbocycles. The van der Waals surface area contributed by atoms with Crippen molar-refractivity contribution in [2.75, 3.05) is 5.75 Å². The Balaban J connectivity index is 2.23. The number of thioether (sulfide) groups is 1. The zero-order valence-corrected chi connectivity index (χ0v) is 10.8. The number of rotatable bonds is 5. The van der Waals surface area contributed by atoms with Gasteiger partial charge in [0.1, 0.15) is 0 Å². The van der Waals surface area contributed by atoms with Gasteiger partial charge in [0, 0.05) is 5.75 Å². The SMILES string of the molecule is ON=CCSC(c1ccccc1)c1ccccc1. The Kier molecular flexibility index (Phi) is 4.85. The number of hydrogen-bond acceptors (Lipinski definition) is 3. The van der Waals surface area contributed by atoms with Crippen LogP contribution in [0.4, 0.5) is 0 Å². The lowest BCUT2D eigenvalue weighted by molar-refractivity contribution is 0.321. The van der Waals surface area contributed by atoms with E-state index in [2.05, 4.69) is 29.4 Å². The van der Waals surface area contributed by atoms with Crippen molar-refractivity contribution in [2.24, 2.45) is 5.16 Å². The summed E-state index contributed by atoms with van der Waals surface area (Å²) in [7, 11) is 0. The molecular formula is C15H15NOS. The largest absolute Gasteiger partial charge is 0.411 e. The standard InChI is InChI=1S/C15H15NOS/c17-16-11-12-18-15(13-7-3-1-4-8-13)14-9-5-2-6-10-14/h1-11,15,17H,12H2. The van der Waals surface area contributed by atoms with Gasteiger partial charge in [-0.05, 0) is 11.1 Å². The molecule has 0 heterocycles. The van der Waals surface area contributed by atoms with Gasteiger partial charge in [-0.15, -0.1) is 16.9 Å². The minimum atomic E-state index is 0.269. The molecule has 0 aromatic heterocycles. The Morgan fingerprint density at radius 2 is 1.44 bits per heavy atom. The molecule has 2 rings (SSSR count). The third-order valence-electron chi connectivity index (χ3n) is 2.62. The van der Waals surface area contributed by atoms with Crippen LogP contribution >= 0.6 is 11.8 Å². The monoisotopic (exact) mass is 257 g/mol. The average molecular weight is 257 g/mol. The molecule has 2 aromatic carbocycles. The van der Waals surface area contributed by atoms with Gasteiger partial charge in [-0.3, -0.25) is 0 Å². The molecule has 0 fully saturated rings. The zero-order chi connectivity index (χ0) is 12.6. The molecule has 0 aliphatic heterocycles. The summed E-state index contributed by atoms with van der Waals surface area (Å²) in [5.41, 5.74) is 2.53. The molecule has 0 unspecified atom stereocenters. The van der Waals surface area contributed by atoms with Crippen LogP contribution in [0.1, 0.15) is 16.4 Å². The van der Waals surface area contributed by atoms with E-state index in [0.29, 0.717) is 5.75 Å². The molecule has 0 aliphatic rings. The molecule has 0 aliphatic carbocycles. The maximum atomic E-state index is 8.48. The van der Waals surface area contributed by atoms with Gasteiger partial charge in [-0.1, -0.05) is 60.7 Å². The van der Waals surface area contributed by atoms with E-state index in [9.17, 15) is 0 Å². The Morgan fingerprint density at radius 3 is 1.89 bits per heavy atom. The van der Waals surface area contributed by atoms with E-state index >= 15 is 0 Å². The maximum Gasteiger partial charge on any atom is 0.0550 e. The van der Waals surface area contributed by atoms with Gasteiger partial charge in [-0.2, -0.15) is 0 Å². The van der Waals surface area contributed by atoms with Crippen molar-refractivity contribution < 1.29 is 5.21 Å². The first kappa shape index (κ1) is 12.7. The van der Waals surface area contributed by atoms with Crippen LogP contribution < -0.4 is 0 Å². The Hall–Kier alpha value is -1.74. The van der Waals surface area contributed by atoms with Gasteiger partial charge in [0.15, 0.2) is 0 Å². The molecule has 0 bridgehead atoms. The van der Waals surface area contributed by atoms with Crippen molar-refractivity contribution in [3.8, 4) is 0 Å². The van der Waals surface area contributed by atoms with E-state index in [1.54, 1.807) is 11.8 Å². The molecule has 0 atom stereocenters. The van der Waals surface area contributed by atoms with E-state index in [-0.39, 0.29) is 5.25 Å². The summed E-state index contributed by atoms with van der Waals surface area (Å²) < 4.78 is 0. The zero-order valence-electron chi connectivity index (χ0n) is 9.94. The van der Waals surface area contributed by atoms with Crippen LogP contribution in [0.25, 0.3) is 0 Å². The first-order valence-electron chi connectivity index (χ1n) is 5.79. The van der Waals surface area contributed by atoms with Gasteiger partial charge < -0.3 is 5.21 Å². The Bertz CT molecular complexity index is 445. The van der Waals surface area contributed by atoms with Crippen molar-refractivity contribution in [3.63, 3.8) is 0 Å². The Morgan fingerprint density at radius 1 is 0.944 bits per heavy atom. The number of benzene rings is 2. The van der Waals surface area contributed by atoms with Crippen molar-refractivity contribution in [1.29, 1.82) is 0 Å². The van der Waals surface area contributed by atoms with Crippen LogP contribution in [-0.4, -0.2) is 17.2 Å². The van der Waals surface area contributed by atoms with E-state index in [1.165, 1.54) is 17.3 Å². The quantitative estimate of drug-likeness (QED) is 0.499. The third-order valence-corrected chi connectivity index (χ3v) is 3.84. The molecule has 92 valence electrons. The second kappa shape index (κ2) is 6.87. The fraction of sp³-hybridized carbons (Fsp3) is 0.133. The summed E-state index contributed by atoms with van der Waals surface area (Å²) in [6.45, 7) is 0. The summed E-state index contributed by atoms with van der Waals surface area (Å²) >= 11 is 1.74. The summed E-state index contributed by atoms with van der Waals surface area (Å²) in [5.74, 6) is 0.685. The molecule has 2 aromatic rings. The van der Waals surface area contributed by atoms with Crippen LogP contribution in [0.3, 0.4) is 0 Å².